The van der Waals surface area contributed by atoms with Gasteiger partial charge in [0.1, 0.15) is 0 Å². The number of nitrogens with zero attached hydrogens (tertiary/aromatic N) is 4. The Bertz CT molecular complexity index is 3830. The predicted octanol–water partition coefficient (Wildman–Crippen LogP) is 12.7. The van der Waals surface area contributed by atoms with Gasteiger partial charge in [-0.05, 0) is 125 Å². The van der Waals surface area contributed by atoms with Gasteiger partial charge in [0.25, 0.3) is 5.56 Å². The molecule has 0 atom stereocenters. The van der Waals surface area contributed by atoms with E-state index in [1.165, 1.54) is 26.4 Å². The number of para-hydroxylation sites is 5. The van der Waals surface area contributed by atoms with E-state index in [0.717, 1.165) is 55.4 Å². The highest BCUT2D eigenvalue weighted by molar-refractivity contribution is 6.13. The molecule has 0 saturated heterocycles. The van der Waals surface area contributed by atoms with Crippen molar-refractivity contribution in [2.75, 3.05) is 0 Å². The van der Waals surface area contributed by atoms with E-state index in [9.17, 15) is 9.59 Å². The summed E-state index contributed by atoms with van der Waals surface area (Å²) in [5, 5.41) is 5.09. The maximum Gasteiger partial charge on any atom is 0.340 e. The summed E-state index contributed by atoms with van der Waals surface area (Å²) in [7, 11) is 0. The van der Waals surface area contributed by atoms with E-state index in [2.05, 4.69) is 143 Å². The van der Waals surface area contributed by atoms with Gasteiger partial charge >= 0.3 is 5.69 Å². The average Bonchev–Trinajstić information content (AvgIpc) is 3.84. The second-order valence-electron chi connectivity index (χ2n) is 15.7. The lowest BCUT2D eigenvalue weighted by molar-refractivity contribution is 0.835. The molecule has 3 heterocycles. The third kappa shape index (κ3) is 5.51. The first kappa shape index (κ1) is 35.5. The van der Waals surface area contributed by atoms with E-state index in [1.54, 1.807) is 16.7 Å². The molecule has 0 unspecified atom stereocenters. The minimum Gasteiger partial charge on any atom is -0.309 e. The Labute approximate surface area is 355 Å². The molecule has 0 bridgehead atoms. The number of aromatic nitrogens is 4. The van der Waals surface area contributed by atoms with Gasteiger partial charge in [-0.3, -0.25) is 9.36 Å². The quantitative estimate of drug-likeness (QED) is 0.168. The normalized spacial score (nSPS) is 11.7. The minimum atomic E-state index is -0.417. The highest BCUT2D eigenvalue weighted by atomic mass is 16.2. The summed E-state index contributed by atoms with van der Waals surface area (Å²) >= 11 is 0. The van der Waals surface area contributed by atoms with Gasteiger partial charge in [0, 0.05) is 32.9 Å². The highest BCUT2D eigenvalue weighted by Crippen LogP contribution is 2.39. The van der Waals surface area contributed by atoms with Crippen LogP contribution in [0.1, 0.15) is 0 Å². The van der Waals surface area contributed by atoms with Gasteiger partial charge in [0.15, 0.2) is 0 Å². The van der Waals surface area contributed by atoms with Crippen molar-refractivity contribution < 1.29 is 0 Å². The Morgan fingerprint density at radius 1 is 0.242 bits per heavy atom. The van der Waals surface area contributed by atoms with Gasteiger partial charge in [0.2, 0.25) is 0 Å². The van der Waals surface area contributed by atoms with Crippen LogP contribution in [0.5, 0.6) is 0 Å². The Kier molecular flexibility index (Phi) is 8.05. The standard InChI is InChI=1S/C56H36N4O2/c61-55-49-36-40(28-32-54(49)59(43-19-9-3-10-20-43)56(62)60(55)44-21-11-4-12-22-44)39-27-31-53-48(35-39)47-34-38(26-30-52(47)58(53)42-17-7-2-8-18-42)37-25-29-51-46(33-37)45-23-13-14-24-50(45)57(51)41-15-5-1-6-16-41/h1-36H. The molecule has 9 aromatic carbocycles. The summed E-state index contributed by atoms with van der Waals surface area (Å²) < 4.78 is 7.57. The van der Waals surface area contributed by atoms with E-state index in [1.807, 2.05) is 72.8 Å². The van der Waals surface area contributed by atoms with Crippen molar-refractivity contribution in [3.63, 3.8) is 0 Å². The highest BCUT2D eigenvalue weighted by Gasteiger charge is 2.19. The molecule has 0 radical (unpaired) electrons. The molecule has 0 saturated carbocycles. The van der Waals surface area contributed by atoms with Crippen molar-refractivity contribution in [1.29, 1.82) is 0 Å². The maximum atomic E-state index is 14.4. The summed E-state index contributed by atoms with van der Waals surface area (Å²) in [6.07, 6.45) is 0. The van der Waals surface area contributed by atoms with Crippen LogP contribution in [0.4, 0.5) is 0 Å². The van der Waals surface area contributed by atoms with E-state index in [-0.39, 0.29) is 5.56 Å². The van der Waals surface area contributed by atoms with E-state index >= 15 is 0 Å². The number of hydrogen-bond donors (Lipinski definition) is 0. The molecule has 0 amide bonds. The minimum absolute atomic E-state index is 0.361. The van der Waals surface area contributed by atoms with Crippen LogP contribution >= 0.6 is 0 Å². The first-order valence-electron chi connectivity index (χ1n) is 20.8. The van der Waals surface area contributed by atoms with Crippen LogP contribution in [-0.2, 0) is 0 Å². The molecule has 0 aliphatic carbocycles. The molecular formula is C56H36N4O2. The maximum absolute atomic E-state index is 14.4. The molecule has 0 aliphatic heterocycles. The molecule has 62 heavy (non-hydrogen) atoms. The van der Waals surface area contributed by atoms with Gasteiger partial charge in [-0.2, -0.15) is 0 Å². The van der Waals surface area contributed by atoms with Gasteiger partial charge in [-0.1, -0.05) is 115 Å². The molecule has 0 N–H and O–H groups in total. The van der Waals surface area contributed by atoms with Crippen LogP contribution in [0, 0.1) is 0 Å². The predicted molar refractivity (Wildman–Crippen MR) is 255 cm³/mol. The average molecular weight is 797 g/mol. The van der Waals surface area contributed by atoms with E-state index < -0.39 is 5.69 Å². The van der Waals surface area contributed by atoms with Gasteiger partial charge in [-0.25, -0.2) is 9.36 Å². The van der Waals surface area contributed by atoms with Crippen LogP contribution in [0.2, 0.25) is 0 Å². The largest absolute Gasteiger partial charge is 0.340 e. The van der Waals surface area contributed by atoms with Gasteiger partial charge in [0.05, 0.1) is 44.3 Å². The molecule has 12 rings (SSSR count). The fraction of sp³-hybridized carbons (Fsp3) is 0. The fourth-order valence-corrected chi connectivity index (χ4v) is 9.37. The monoisotopic (exact) mass is 796 g/mol. The first-order valence-corrected chi connectivity index (χ1v) is 20.8. The third-order valence-corrected chi connectivity index (χ3v) is 12.2. The number of fused-ring (bicyclic) bond motifs is 7. The van der Waals surface area contributed by atoms with Gasteiger partial charge in [-0.15, -0.1) is 0 Å². The molecular weight excluding hydrogens is 761 g/mol. The molecule has 0 fully saturated rings. The third-order valence-electron chi connectivity index (χ3n) is 12.2. The van der Waals surface area contributed by atoms with Gasteiger partial charge < -0.3 is 9.13 Å². The van der Waals surface area contributed by atoms with Crippen LogP contribution < -0.4 is 11.2 Å². The molecule has 6 nitrogen and oxygen atoms in total. The smallest absolute Gasteiger partial charge is 0.309 e. The lowest BCUT2D eigenvalue weighted by Gasteiger charge is -2.15. The van der Waals surface area contributed by atoms with E-state index in [0.29, 0.717) is 22.3 Å². The molecule has 3 aromatic heterocycles. The van der Waals surface area contributed by atoms with Crippen molar-refractivity contribution in [3.8, 4) is 45.0 Å². The van der Waals surface area contributed by atoms with Crippen molar-refractivity contribution >= 4 is 54.5 Å². The summed E-state index contributed by atoms with van der Waals surface area (Å²) in [5.74, 6) is 0. The summed E-state index contributed by atoms with van der Waals surface area (Å²) in [6, 6.07) is 74.2. The molecule has 292 valence electrons. The van der Waals surface area contributed by atoms with Crippen molar-refractivity contribution in [2.45, 2.75) is 0 Å². The van der Waals surface area contributed by atoms with Crippen LogP contribution in [0.15, 0.2) is 228 Å². The Balaban J connectivity index is 1.06. The van der Waals surface area contributed by atoms with E-state index in [4.69, 9.17) is 0 Å². The second-order valence-corrected chi connectivity index (χ2v) is 15.7. The fourth-order valence-electron chi connectivity index (χ4n) is 9.37. The van der Waals surface area contributed by atoms with Crippen LogP contribution in [0.3, 0.4) is 0 Å². The molecule has 0 aliphatic rings. The zero-order chi connectivity index (χ0) is 41.3. The van der Waals surface area contributed by atoms with Crippen LogP contribution in [0.25, 0.3) is 99.5 Å². The Hall–Kier alpha value is -8.48. The number of rotatable bonds is 6. The Morgan fingerprint density at radius 3 is 0.984 bits per heavy atom. The van der Waals surface area contributed by atoms with Crippen molar-refractivity contribution in [1.82, 2.24) is 18.3 Å². The summed E-state index contributed by atoms with van der Waals surface area (Å²) in [4.78, 5) is 28.6. The summed E-state index contributed by atoms with van der Waals surface area (Å²) in [5.41, 5.74) is 11.8. The second kappa shape index (κ2) is 14.1. The number of hydrogen-bond acceptors (Lipinski definition) is 2. The van der Waals surface area contributed by atoms with Crippen LogP contribution in [-0.4, -0.2) is 18.3 Å². The lowest BCUT2D eigenvalue weighted by Crippen LogP contribution is -2.38. The SMILES string of the molecule is O=c1c2cc(-c3ccc4c(c3)c3cc(-c5ccc6c(c5)c5ccccc5n6-c5ccccc5)ccc3n4-c3ccccc3)ccc2n(-c2ccccc2)c(=O)n1-c1ccccc1. The molecule has 6 heteroatoms. The van der Waals surface area contributed by atoms with Crippen molar-refractivity contribution in [3.05, 3.63) is 239 Å². The molecule has 0 spiro atoms. The number of benzene rings is 9. The Morgan fingerprint density at radius 2 is 0.548 bits per heavy atom. The zero-order valence-corrected chi connectivity index (χ0v) is 33.4. The first-order chi connectivity index (χ1) is 30.6. The topological polar surface area (TPSA) is 53.9 Å². The zero-order valence-electron chi connectivity index (χ0n) is 33.4. The lowest BCUT2D eigenvalue weighted by atomic mass is 9.98. The summed E-state index contributed by atoms with van der Waals surface area (Å²) in [6.45, 7) is 0. The van der Waals surface area contributed by atoms with Crippen molar-refractivity contribution in [2.24, 2.45) is 0 Å². The molecule has 12 aromatic rings.